The van der Waals surface area contributed by atoms with Gasteiger partial charge in [-0.2, -0.15) is 0 Å². The Hall–Kier alpha value is -1.95. The van der Waals surface area contributed by atoms with Crippen LogP contribution in [0.5, 0.6) is 11.5 Å². The number of urea groups is 1. The lowest BCUT2D eigenvalue weighted by Gasteiger charge is -2.39. The van der Waals surface area contributed by atoms with Crippen LogP contribution in [0.25, 0.3) is 0 Å². The Labute approximate surface area is 148 Å². The first-order valence-corrected chi connectivity index (χ1v) is 9.32. The Kier molecular flexibility index (Phi) is 4.46. The van der Waals surface area contributed by atoms with E-state index >= 15 is 0 Å². The largest absolute Gasteiger partial charge is 0.454 e. The van der Waals surface area contributed by atoms with Gasteiger partial charge in [0.2, 0.25) is 6.79 Å². The Bertz CT molecular complexity index is 634. The molecule has 0 radical (unpaired) electrons. The first-order chi connectivity index (χ1) is 12.1. The fourth-order valence-corrected chi connectivity index (χ4v) is 4.07. The molecule has 6 nitrogen and oxygen atoms in total. The number of carbonyl (C=O) groups is 1. The third kappa shape index (κ3) is 3.40. The van der Waals surface area contributed by atoms with Gasteiger partial charge in [0.15, 0.2) is 11.5 Å². The van der Waals surface area contributed by atoms with Crippen LogP contribution in [0, 0.1) is 0 Å². The molecular formula is C19H26N2O4. The van der Waals surface area contributed by atoms with Crippen molar-refractivity contribution < 1.29 is 19.4 Å². The van der Waals surface area contributed by atoms with Crippen molar-refractivity contribution in [2.45, 2.75) is 56.6 Å². The number of likely N-dealkylation sites (tertiary alicyclic amines) is 1. The van der Waals surface area contributed by atoms with Crippen LogP contribution in [0.3, 0.4) is 0 Å². The first-order valence-electron chi connectivity index (χ1n) is 9.32. The van der Waals surface area contributed by atoms with E-state index in [9.17, 15) is 9.90 Å². The van der Waals surface area contributed by atoms with Gasteiger partial charge in [-0.05, 0) is 43.4 Å². The van der Waals surface area contributed by atoms with Gasteiger partial charge in [0, 0.05) is 19.1 Å². The average molecular weight is 346 g/mol. The Morgan fingerprint density at radius 2 is 1.84 bits per heavy atom. The van der Waals surface area contributed by atoms with Gasteiger partial charge < -0.3 is 24.8 Å². The Balaban J connectivity index is 1.36. The molecule has 25 heavy (non-hydrogen) atoms. The molecule has 4 rings (SSSR count). The van der Waals surface area contributed by atoms with Gasteiger partial charge >= 0.3 is 6.03 Å². The monoisotopic (exact) mass is 346 g/mol. The number of piperidine rings is 1. The normalized spacial score (nSPS) is 22.7. The van der Waals surface area contributed by atoms with E-state index in [0.717, 1.165) is 24.2 Å². The number of nitrogens with one attached hydrogen (secondary N) is 1. The molecule has 2 aliphatic heterocycles. The molecule has 2 heterocycles. The molecule has 0 atom stereocenters. The second kappa shape index (κ2) is 6.75. The molecule has 1 aliphatic carbocycles. The highest BCUT2D eigenvalue weighted by molar-refractivity contribution is 5.74. The van der Waals surface area contributed by atoms with Crippen LogP contribution in [0.4, 0.5) is 4.79 Å². The van der Waals surface area contributed by atoms with E-state index in [-0.39, 0.29) is 12.8 Å². The number of ether oxygens (including phenoxy) is 2. The Morgan fingerprint density at radius 3 is 2.60 bits per heavy atom. The van der Waals surface area contributed by atoms with Gasteiger partial charge in [-0.25, -0.2) is 4.79 Å². The summed E-state index contributed by atoms with van der Waals surface area (Å²) in [6.45, 7) is 1.35. The van der Waals surface area contributed by atoms with Crippen molar-refractivity contribution in [1.82, 2.24) is 10.2 Å². The van der Waals surface area contributed by atoms with Gasteiger partial charge in [0.05, 0.1) is 5.60 Å². The fraction of sp³-hybridized carbons (Fsp3) is 0.632. The van der Waals surface area contributed by atoms with Crippen LogP contribution < -0.4 is 14.8 Å². The third-order valence-corrected chi connectivity index (χ3v) is 5.72. The van der Waals surface area contributed by atoms with Crippen molar-refractivity contribution in [3.05, 3.63) is 23.8 Å². The maximum Gasteiger partial charge on any atom is 0.317 e. The fourth-order valence-electron chi connectivity index (χ4n) is 4.07. The van der Waals surface area contributed by atoms with E-state index in [0.29, 0.717) is 37.7 Å². The minimum absolute atomic E-state index is 0.0136. The number of nitrogens with zero attached hydrogens (tertiary/aromatic N) is 1. The van der Waals surface area contributed by atoms with Crippen LogP contribution in [0.15, 0.2) is 18.2 Å². The van der Waals surface area contributed by atoms with Crippen molar-refractivity contribution in [1.29, 1.82) is 0 Å². The lowest BCUT2D eigenvalue weighted by Crippen LogP contribution is -2.51. The summed E-state index contributed by atoms with van der Waals surface area (Å²) in [6, 6.07) is 5.93. The van der Waals surface area contributed by atoms with Crippen molar-refractivity contribution in [2.75, 3.05) is 19.9 Å². The number of amides is 2. The van der Waals surface area contributed by atoms with Crippen LogP contribution >= 0.6 is 0 Å². The minimum Gasteiger partial charge on any atom is -0.454 e. The predicted octanol–water partition coefficient (Wildman–Crippen LogP) is 2.74. The number of rotatable bonds is 2. The van der Waals surface area contributed by atoms with Gasteiger partial charge in [-0.1, -0.05) is 25.3 Å². The maximum absolute atomic E-state index is 12.5. The van der Waals surface area contributed by atoms with Crippen molar-refractivity contribution in [3.63, 3.8) is 0 Å². The van der Waals surface area contributed by atoms with Crippen molar-refractivity contribution in [2.24, 2.45) is 0 Å². The SMILES string of the molecule is O=C(NC1CCCCC1)N1CCC(O)(c2ccc3c(c2)OCO3)CC1. The number of aliphatic hydroxyl groups is 1. The molecule has 0 unspecified atom stereocenters. The summed E-state index contributed by atoms with van der Waals surface area (Å²) in [6.07, 6.45) is 6.92. The highest BCUT2D eigenvalue weighted by Crippen LogP contribution is 2.39. The van der Waals surface area contributed by atoms with Gasteiger partial charge in [-0.3, -0.25) is 0 Å². The third-order valence-electron chi connectivity index (χ3n) is 5.72. The van der Waals surface area contributed by atoms with Gasteiger partial charge in [0.1, 0.15) is 0 Å². The second-order valence-corrected chi connectivity index (χ2v) is 7.37. The minimum atomic E-state index is -0.914. The smallest absolute Gasteiger partial charge is 0.317 e. The average Bonchev–Trinajstić information content (AvgIpc) is 3.11. The van der Waals surface area contributed by atoms with Gasteiger partial charge in [0.25, 0.3) is 0 Å². The molecule has 2 N–H and O–H groups in total. The van der Waals surface area contributed by atoms with E-state index < -0.39 is 5.60 Å². The topological polar surface area (TPSA) is 71.0 Å². The highest BCUT2D eigenvalue weighted by Gasteiger charge is 2.36. The zero-order chi connectivity index (χ0) is 17.3. The molecule has 6 heteroatoms. The summed E-state index contributed by atoms with van der Waals surface area (Å²) in [5.41, 5.74) is -0.0770. The number of hydrogen-bond donors (Lipinski definition) is 2. The predicted molar refractivity (Wildman–Crippen MR) is 92.7 cm³/mol. The summed E-state index contributed by atoms with van der Waals surface area (Å²) in [5.74, 6) is 1.40. The molecule has 2 fully saturated rings. The van der Waals surface area contributed by atoms with E-state index in [1.807, 2.05) is 23.1 Å². The Morgan fingerprint density at radius 1 is 1.12 bits per heavy atom. The molecule has 0 spiro atoms. The molecule has 1 saturated heterocycles. The van der Waals surface area contributed by atoms with E-state index in [1.54, 1.807) is 0 Å². The van der Waals surface area contributed by atoms with Crippen LogP contribution in [-0.4, -0.2) is 42.0 Å². The molecule has 1 saturated carbocycles. The lowest BCUT2D eigenvalue weighted by atomic mass is 9.84. The molecule has 1 aromatic carbocycles. The summed E-state index contributed by atoms with van der Waals surface area (Å²) < 4.78 is 10.7. The molecule has 3 aliphatic rings. The van der Waals surface area contributed by atoms with E-state index in [4.69, 9.17) is 9.47 Å². The number of benzene rings is 1. The highest BCUT2D eigenvalue weighted by atomic mass is 16.7. The second-order valence-electron chi connectivity index (χ2n) is 7.37. The number of carbonyl (C=O) groups excluding carboxylic acids is 1. The van der Waals surface area contributed by atoms with Gasteiger partial charge in [-0.15, -0.1) is 0 Å². The summed E-state index contributed by atoms with van der Waals surface area (Å²) in [7, 11) is 0. The van der Waals surface area contributed by atoms with Crippen molar-refractivity contribution in [3.8, 4) is 11.5 Å². The van der Waals surface area contributed by atoms with Crippen LogP contribution in [-0.2, 0) is 5.60 Å². The molecule has 136 valence electrons. The van der Waals surface area contributed by atoms with Crippen molar-refractivity contribution >= 4 is 6.03 Å². The van der Waals surface area contributed by atoms with Crippen LogP contribution in [0.2, 0.25) is 0 Å². The number of fused-ring (bicyclic) bond motifs is 1. The molecule has 1 aromatic rings. The summed E-state index contributed by atoms with van der Waals surface area (Å²) >= 11 is 0. The summed E-state index contributed by atoms with van der Waals surface area (Å²) in [5, 5.41) is 14.2. The molecular weight excluding hydrogens is 320 g/mol. The van der Waals surface area contributed by atoms with E-state index in [2.05, 4.69) is 5.32 Å². The van der Waals surface area contributed by atoms with Crippen LogP contribution in [0.1, 0.15) is 50.5 Å². The quantitative estimate of drug-likeness (QED) is 0.864. The molecule has 0 bridgehead atoms. The zero-order valence-electron chi connectivity index (χ0n) is 14.5. The van der Waals surface area contributed by atoms with E-state index in [1.165, 1.54) is 19.3 Å². The first kappa shape index (κ1) is 16.5. The summed E-state index contributed by atoms with van der Waals surface area (Å²) in [4.78, 5) is 14.3. The number of hydrogen-bond acceptors (Lipinski definition) is 4. The lowest BCUT2D eigenvalue weighted by molar-refractivity contribution is -0.0172. The maximum atomic E-state index is 12.5. The zero-order valence-corrected chi connectivity index (χ0v) is 14.5. The molecule has 0 aromatic heterocycles. The molecule has 2 amide bonds. The standard InChI is InChI=1S/C19H26N2O4/c22-18(20-15-4-2-1-3-5-15)21-10-8-19(23,9-11-21)14-6-7-16-17(12-14)25-13-24-16/h6-7,12,15,23H,1-5,8-11,13H2,(H,20,22).